The van der Waals surface area contributed by atoms with E-state index in [1.54, 1.807) is 6.92 Å². The normalized spacial score (nSPS) is 23.6. The molecule has 3 aromatic rings. The van der Waals surface area contributed by atoms with Gasteiger partial charge >= 0.3 is 0 Å². The third-order valence-electron chi connectivity index (χ3n) is 4.88. The molecule has 0 saturated heterocycles. The van der Waals surface area contributed by atoms with Crippen LogP contribution in [-0.4, -0.2) is 20.4 Å². The van der Waals surface area contributed by atoms with E-state index in [2.05, 4.69) is 49.6 Å². The lowest BCUT2D eigenvalue weighted by Gasteiger charge is -2.39. The van der Waals surface area contributed by atoms with Crippen LogP contribution in [0, 0.1) is 23.3 Å². The molecule has 24 heavy (non-hydrogen) atoms. The van der Waals surface area contributed by atoms with Crippen LogP contribution in [0.2, 0.25) is 0 Å². The Morgan fingerprint density at radius 3 is 2.79 bits per heavy atom. The maximum atomic E-state index is 13.8. The van der Waals surface area contributed by atoms with Crippen LogP contribution in [0.15, 0.2) is 23.0 Å². The largest absolute Gasteiger partial charge is 0.361 e. The predicted molar refractivity (Wildman–Crippen MR) is 99.7 cm³/mol. The highest BCUT2D eigenvalue weighted by atomic mass is 127. The topological polar surface area (TPSA) is 43.9 Å². The molecular formula is C18H19FIN3O. The van der Waals surface area contributed by atoms with Crippen molar-refractivity contribution in [3.63, 3.8) is 0 Å². The molecule has 0 radical (unpaired) electrons. The molecule has 1 aliphatic carbocycles. The van der Waals surface area contributed by atoms with Gasteiger partial charge in [-0.15, -0.1) is 0 Å². The molecule has 4 rings (SSSR count). The summed E-state index contributed by atoms with van der Waals surface area (Å²) in [6.07, 6.45) is 5.27. The second kappa shape index (κ2) is 5.54. The lowest BCUT2D eigenvalue weighted by atomic mass is 9.73. The van der Waals surface area contributed by atoms with Crippen LogP contribution in [0.4, 0.5) is 4.39 Å². The van der Waals surface area contributed by atoms with E-state index in [0.29, 0.717) is 18.8 Å². The van der Waals surface area contributed by atoms with E-state index in [-0.39, 0.29) is 0 Å². The third-order valence-corrected chi connectivity index (χ3v) is 5.67. The van der Waals surface area contributed by atoms with Crippen LogP contribution < -0.4 is 0 Å². The highest BCUT2D eigenvalue weighted by molar-refractivity contribution is 14.1. The molecule has 0 amide bonds. The smallest absolute Gasteiger partial charge is 0.141 e. The molecule has 6 heteroatoms. The van der Waals surface area contributed by atoms with Gasteiger partial charge in [-0.2, -0.15) is 0 Å². The number of fused-ring (bicyclic) bond motifs is 1. The Kier molecular flexibility index (Phi) is 3.71. The molecule has 0 atom stereocenters. The predicted octanol–water partition coefficient (Wildman–Crippen LogP) is 5.05. The Bertz CT molecular complexity index is 900. The summed E-state index contributed by atoms with van der Waals surface area (Å²) < 4.78 is 22.4. The first-order valence-electron chi connectivity index (χ1n) is 8.10. The third kappa shape index (κ3) is 2.64. The molecule has 3 aromatic heterocycles. The van der Waals surface area contributed by atoms with E-state index in [0.717, 1.165) is 43.7 Å². The van der Waals surface area contributed by atoms with Gasteiger partial charge in [0.25, 0.3) is 0 Å². The van der Waals surface area contributed by atoms with Crippen molar-refractivity contribution in [3.05, 3.63) is 33.5 Å². The number of aryl methyl sites for hydroxylation is 2. The first-order chi connectivity index (χ1) is 11.3. The van der Waals surface area contributed by atoms with E-state index in [9.17, 15) is 4.39 Å². The number of aromatic nitrogens is 3. The van der Waals surface area contributed by atoms with E-state index in [1.165, 1.54) is 0 Å². The van der Waals surface area contributed by atoms with E-state index in [1.807, 2.05) is 20.0 Å². The van der Waals surface area contributed by atoms with Crippen molar-refractivity contribution in [2.24, 2.45) is 5.92 Å². The summed E-state index contributed by atoms with van der Waals surface area (Å²) in [6.45, 7) is 6.39. The second-order valence-electron chi connectivity index (χ2n) is 7.11. The van der Waals surface area contributed by atoms with E-state index < -0.39 is 5.67 Å². The quantitative estimate of drug-likeness (QED) is 0.537. The fraction of sp³-hybridized carbons (Fsp3) is 0.444. The van der Waals surface area contributed by atoms with Crippen molar-refractivity contribution in [1.82, 2.24) is 14.7 Å². The molecule has 1 aliphatic rings. The highest BCUT2D eigenvalue weighted by Crippen LogP contribution is 2.42. The Hall–Kier alpha value is -1.44. The minimum Gasteiger partial charge on any atom is -0.361 e. The van der Waals surface area contributed by atoms with Crippen molar-refractivity contribution in [2.45, 2.75) is 45.8 Å². The Balaban J connectivity index is 1.74. The number of alkyl halides is 1. The van der Waals surface area contributed by atoms with Gasteiger partial charge in [0.2, 0.25) is 0 Å². The molecule has 4 nitrogen and oxygen atoms in total. The van der Waals surface area contributed by atoms with Crippen molar-refractivity contribution in [3.8, 4) is 11.1 Å². The summed E-state index contributed by atoms with van der Waals surface area (Å²) in [7, 11) is 0. The maximum Gasteiger partial charge on any atom is 0.141 e. The fourth-order valence-corrected chi connectivity index (χ4v) is 4.61. The van der Waals surface area contributed by atoms with E-state index in [4.69, 9.17) is 4.52 Å². The number of hydrogen-bond donors (Lipinski definition) is 0. The first kappa shape index (κ1) is 16.1. The zero-order chi connectivity index (χ0) is 17.1. The lowest BCUT2D eigenvalue weighted by Crippen LogP contribution is -2.38. The summed E-state index contributed by atoms with van der Waals surface area (Å²) >= 11 is 2.31. The SMILES string of the molecule is Cc1noc(C)c1-c1cnc2c(I)cn(CC3CC(C)(F)C3)c2c1. The monoisotopic (exact) mass is 439 g/mol. The van der Waals surface area contributed by atoms with Gasteiger partial charge in [0.05, 0.1) is 14.8 Å². The number of hydrogen-bond acceptors (Lipinski definition) is 3. The minimum atomic E-state index is -0.985. The molecule has 0 aliphatic heterocycles. The second-order valence-corrected chi connectivity index (χ2v) is 8.27. The standard InChI is InChI=1S/C18H19FIN3O/c1-10-16(11(2)24-22-10)13-4-15-17(21-7-13)14(20)9-23(15)8-12-5-18(3,19)6-12/h4,7,9,12H,5-6,8H2,1-3H3. The highest BCUT2D eigenvalue weighted by Gasteiger charge is 2.40. The molecule has 1 fully saturated rings. The molecule has 1 saturated carbocycles. The van der Waals surface area contributed by atoms with Gasteiger partial charge in [0.15, 0.2) is 0 Å². The van der Waals surface area contributed by atoms with Crippen LogP contribution in [-0.2, 0) is 6.54 Å². The van der Waals surface area contributed by atoms with Crippen molar-refractivity contribution < 1.29 is 8.91 Å². The van der Waals surface area contributed by atoms with Gasteiger partial charge in [-0.3, -0.25) is 4.98 Å². The van der Waals surface area contributed by atoms with Gasteiger partial charge in [-0.1, -0.05) is 5.16 Å². The summed E-state index contributed by atoms with van der Waals surface area (Å²) in [6, 6.07) is 2.14. The number of nitrogens with zero attached hydrogens (tertiary/aromatic N) is 3. The number of rotatable bonds is 3. The molecule has 0 aromatic carbocycles. The number of halogens is 2. The Labute approximate surface area is 153 Å². The molecule has 0 bridgehead atoms. The number of pyridine rings is 1. The van der Waals surface area contributed by atoms with Crippen molar-refractivity contribution in [1.29, 1.82) is 0 Å². The average Bonchev–Trinajstić information content (AvgIpc) is 2.97. The van der Waals surface area contributed by atoms with Gasteiger partial charge < -0.3 is 9.09 Å². The molecule has 126 valence electrons. The molecule has 3 heterocycles. The van der Waals surface area contributed by atoms with Gasteiger partial charge in [-0.05, 0) is 68.2 Å². The molecule has 0 N–H and O–H groups in total. The lowest BCUT2D eigenvalue weighted by molar-refractivity contribution is 0.0178. The summed E-state index contributed by atoms with van der Waals surface area (Å²) in [5.74, 6) is 1.20. The van der Waals surface area contributed by atoms with Crippen molar-refractivity contribution in [2.75, 3.05) is 0 Å². The summed E-state index contributed by atoms with van der Waals surface area (Å²) in [5.41, 5.74) is 3.98. The molecule has 0 spiro atoms. The van der Waals surface area contributed by atoms with Gasteiger partial charge in [0, 0.05) is 30.1 Å². The first-order valence-corrected chi connectivity index (χ1v) is 9.18. The van der Waals surface area contributed by atoms with Crippen LogP contribution >= 0.6 is 22.6 Å². The zero-order valence-electron chi connectivity index (χ0n) is 13.9. The average molecular weight is 439 g/mol. The molecule has 0 unspecified atom stereocenters. The van der Waals surface area contributed by atoms with Crippen molar-refractivity contribution >= 4 is 33.6 Å². The van der Waals surface area contributed by atoms with Crippen LogP contribution in [0.25, 0.3) is 22.2 Å². The maximum absolute atomic E-state index is 13.8. The Morgan fingerprint density at radius 1 is 1.42 bits per heavy atom. The van der Waals surface area contributed by atoms with Crippen LogP contribution in [0.1, 0.15) is 31.2 Å². The van der Waals surface area contributed by atoms with Crippen LogP contribution in [0.3, 0.4) is 0 Å². The summed E-state index contributed by atoms with van der Waals surface area (Å²) in [5, 5.41) is 4.03. The Morgan fingerprint density at radius 2 is 2.17 bits per heavy atom. The van der Waals surface area contributed by atoms with E-state index >= 15 is 0 Å². The minimum absolute atomic E-state index is 0.397. The molecular weight excluding hydrogens is 420 g/mol. The van der Waals surface area contributed by atoms with Gasteiger partial charge in [0.1, 0.15) is 16.9 Å². The fourth-order valence-electron chi connectivity index (χ4n) is 3.86. The van der Waals surface area contributed by atoms with Crippen LogP contribution in [0.5, 0.6) is 0 Å². The zero-order valence-corrected chi connectivity index (χ0v) is 16.1. The van der Waals surface area contributed by atoms with Gasteiger partial charge in [-0.25, -0.2) is 4.39 Å². The summed E-state index contributed by atoms with van der Waals surface area (Å²) in [4.78, 5) is 4.65.